The molecule has 3 aromatic rings. The molecule has 0 aliphatic carbocycles. The van der Waals surface area contributed by atoms with Crippen molar-refractivity contribution in [2.75, 3.05) is 9.80 Å². The van der Waals surface area contributed by atoms with Crippen molar-refractivity contribution in [2.45, 2.75) is 104 Å². The van der Waals surface area contributed by atoms with Crippen LogP contribution in [0.4, 0.5) is 11.4 Å². The van der Waals surface area contributed by atoms with Gasteiger partial charge in [0.2, 0.25) is 0 Å². The van der Waals surface area contributed by atoms with E-state index >= 15 is 0 Å². The fraction of sp³-hybridized carbons (Fsp3) is 0.421. The third kappa shape index (κ3) is 3.91. The van der Waals surface area contributed by atoms with Crippen LogP contribution < -0.4 is 9.80 Å². The van der Waals surface area contributed by atoms with Crippen molar-refractivity contribution < 1.29 is 17.6 Å². The predicted molar refractivity (Wildman–Crippen MR) is 176 cm³/mol. The molecule has 0 amide bonds. The van der Waals surface area contributed by atoms with Gasteiger partial charge in [-0.25, -0.2) is 0 Å². The van der Waals surface area contributed by atoms with Gasteiger partial charge in [0, 0.05) is 0 Å². The molecule has 4 nitrogen and oxygen atoms in total. The topological polar surface area (TPSA) is 13.0 Å². The van der Waals surface area contributed by atoms with Crippen LogP contribution in [0.3, 0.4) is 0 Å². The second-order valence-corrected chi connectivity index (χ2v) is 18.0. The fourth-order valence-electron chi connectivity index (χ4n) is 6.87. The van der Waals surface area contributed by atoms with E-state index in [4.69, 9.17) is 0 Å². The van der Waals surface area contributed by atoms with E-state index in [1.807, 2.05) is 0 Å². The molecule has 4 aliphatic rings. The maximum atomic E-state index is 4.04. The Morgan fingerprint density at radius 1 is 0.605 bits per heavy atom. The number of para-hydroxylation sites is 2. The zero-order chi connectivity index (χ0) is 30.9. The Kier molecular flexibility index (Phi) is 5.90. The fourth-order valence-corrected chi connectivity index (χ4v) is 11.8. The van der Waals surface area contributed by atoms with E-state index in [0.717, 1.165) is 0 Å². The van der Waals surface area contributed by atoms with Gasteiger partial charge in [0.15, 0.2) is 0 Å². The Morgan fingerprint density at radius 2 is 1.19 bits per heavy atom. The van der Waals surface area contributed by atoms with Crippen molar-refractivity contribution in [3.8, 4) is 0 Å². The Balaban J connectivity index is 1.63. The van der Waals surface area contributed by atoms with Crippen LogP contribution in [0.15, 0.2) is 67.0 Å². The molecule has 0 aromatic heterocycles. The van der Waals surface area contributed by atoms with E-state index in [9.17, 15) is 0 Å². The molecule has 3 aromatic carbocycles. The first-order valence-electron chi connectivity index (χ1n) is 15.4. The summed E-state index contributed by atoms with van der Waals surface area (Å²) in [7, 11) is 0. The van der Waals surface area contributed by atoms with Crippen molar-refractivity contribution >= 4 is 19.7 Å². The van der Waals surface area contributed by atoms with Crippen LogP contribution in [0.2, 0.25) is 0 Å². The van der Waals surface area contributed by atoms with Gasteiger partial charge in [-0.3, -0.25) is 0 Å². The molecular weight excluding hydrogens is 708 g/mol. The zero-order valence-electron chi connectivity index (χ0n) is 27.5. The van der Waals surface area contributed by atoms with Gasteiger partial charge in [-0.1, -0.05) is 0 Å². The summed E-state index contributed by atoms with van der Waals surface area (Å²) in [6.45, 7) is 25.9. The molecule has 43 heavy (non-hydrogen) atoms. The summed E-state index contributed by atoms with van der Waals surface area (Å²) < 4.78 is 2.84. The minimum atomic E-state index is -0.588. The summed E-state index contributed by atoms with van der Waals surface area (Å²) in [5.74, 6) is 0. The molecule has 0 spiro atoms. The maximum absolute atomic E-state index is 4.04. The van der Waals surface area contributed by atoms with Crippen LogP contribution in [-0.2, 0) is 39.5 Å². The number of hydrogen-bond acceptors (Lipinski definition) is 4. The zero-order valence-corrected chi connectivity index (χ0v) is 29.7. The summed E-state index contributed by atoms with van der Waals surface area (Å²) in [6, 6.07) is 28.6. The number of rotatable bonds is 0. The van der Waals surface area contributed by atoms with Crippen LogP contribution in [0.1, 0.15) is 104 Å². The van der Waals surface area contributed by atoms with Crippen molar-refractivity contribution in [3.63, 3.8) is 0 Å². The third-order valence-corrected chi connectivity index (χ3v) is 13.2. The summed E-state index contributed by atoms with van der Waals surface area (Å²) >= 11 is -0.588. The molecule has 0 N–H and O–H groups in total. The van der Waals surface area contributed by atoms with Gasteiger partial charge >= 0.3 is 268 Å². The number of anilines is 2. The molecule has 6 bridgehead atoms. The van der Waals surface area contributed by atoms with Crippen LogP contribution in [-0.4, -0.2) is 23.8 Å². The Morgan fingerprint density at radius 3 is 1.86 bits per heavy atom. The summed E-state index contributed by atoms with van der Waals surface area (Å²) in [5.41, 5.74) is 7.61. The average molecular weight is 752 g/mol. The number of benzene rings is 3. The third-order valence-electron chi connectivity index (χ3n) is 10.1. The molecule has 228 valence electrons. The summed E-state index contributed by atoms with van der Waals surface area (Å²) in [5, 5.41) is 0. The first kappa shape index (κ1) is 28.8. The van der Waals surface area contributed by atoms with Gasteiger partial charge in [0.1, 0.15) is 0 Å². The van der Waals surface area contributed by atoms with Crippen LogP contribution >= 0.6 is 0 Å². The molecule has 0 radical (unpaired) electrons. The van der Waals surface area contributed by atoms with Crippen molar-refractivity contribution in [3.05, 3.63) is 107 Å². The van der Waals surface area contributed by atoms with Crippen molar-refractivity contribution in [2.24, 2.45) is 0 Å². The van der Waals surface area contributed by atoms with E-state index in [2.05, 4.69) is 175 Å². The normalized spacial score (nSPS) is 22.3. The van der Waals surface area contributed by atoms with Crippen molar-refractivity contribution in [1.82, 2.24) is 9.80 Å². The number of hydrogen-bond donors (Lipinski definition) is 0. The average Bonchev–Trinajstić information content (AvgIpc) is 3.53. The molecule has 5 heteroatoms. The van der Waals surface area contributed by atoms with E-state index < -0.39 is 17.6 Å². The number of fused-ring (bicyclic) bond motifs is 7. The molecule has 0 unspecified atom stereocenters. The molecular formula is C38H44N4Pt-2. The SMILES string of the molecule is CC(C)(C)c1cc2[c-]c(c1)C(C)(C)N1[C]3=[Pt]=[C]4N(C=CN4C(C)(C)N3c3ccccc31)C(C)(C)c1[c-]c(ccc1)C2(C)C. The van der Waals surface area contributed by atoms with Crippen LogP contribution in [0.25, 0.3) is 0 Å². The van der Waals surface area contributed by atoms with Gasteiger partial charge in [0.05, 0.1) is 0 Å². The monoisotopic (exact) mass is 751 g/mol. The second-order valence-electron chi connectivity index (χ2n) is 15.4. The summed E-state index contributed by atoms with van der Waals surface area (Å²) in [4.78, 5) is 10.4. The van der Waals surface area contributed by atoms with Crippen LogP contribution in [0.5, 0.6) is 0 Å². The van der Waals surface area contributed by atoms with E-state index in [1.165, 1.54) is 47.5 Å². The van der Waals surface area contributed by atoms with Crippen LogP contribution in [0, 0.1) is 12.1 Å². The van der Waals surface area contributed by atoms with Gasteiger partial charge in [0.25, 0.3) is 0 Å². The van der Waals surface area contributed by atoms with Gasteiger partial charge in [-0.05, 0) is 0 Å². The number of nitrogens with zero attached hydrogens (tertiary/aromatic N) is 4. The minimum absolute atomic E-state index is 0.00194. The first-order valence-corrected chi connectivity index (χ1v) is 17.7. The van der Waals surface area contributed by atoms with Crippen molar-refractivity contribution in [1.29, 1.82) is 0 Å². The first-order chi connectivity index (χ1) is 20.0. The van der Waals surface area contributed by atoms with E-state index in [1.54, 1.807) is 0 Å². The van der Waals surface area contributed by atoms with Gasteiger partial charge in [-0.2, -0.15) is 0 Å². The standard InChI is InChI=1S/C38H44N4.Pt/c1-34(2,3)29-22-30-24-31(23-29)37(8,9)41-26-42(33-18-13-12-17-32(33)41)38(10,11)40-20-19-39(25-40)36(6,7)28-16-14-15-27(21-28)35(30,4)5;/h12-20,22-23H,1-11H3;/q-2;. The molecule has 0 fully saturated rings. The molecule has 0 saturated carbocycles. The quantitative estimate of drug-likeness (QED) is 0.218. The predicted octanol–water partition coefficient (Wildman–Crippen LogP) is 7.82. The Bertz CT molecular complexity index is 1780. The molecule has 4 heterocycles. The van der Waals surface area contributed by atoms with Gasteiger partial charge < -0.3 is 0 Å². The Labute approximate surface area is 266 Å². The molecule has 0 saturated heterocycles. The van der Waals surface area contributed by atoms with Gasteiger partial charge in [-0.15, -0.1) is 0 Å². The van der Waals surface area contributed by atoms with E-state index in [0.29, 0.717) is 0 Å². The molecule has 0 atom stereocenters. The second kappa shape index (κ2) is 8.81. The summed E-state index contributed by atoms with van der Waals surface area (Å²) in [6.07, 6.45) is 4.62. The Hall–Kier alpha value is -2.97. The molecule has 4 aliphatic heterocycles. The van der Waals surface area contributed by atoms with E-state index in [-0.39, 0.29) is 27.6 Å². The molecule has 7 rings (SSSR count).